The summed E-state index contributed by atoms with van der Waals surface area (Å²) in [5.74, 6) is -0.0739. The molecule has 100 valence electrons. The zero-order valence-corrected chi connectivity index (χ0v) is 11.2. The monoisotopic (exact) mass is 244 g/mol. The van der Waals surface area contributed by atoms with Crippen LogP contribution in [0.3, 0.4) is 0 Å². The summed E-state index contributed by atoms with van der Waals surface area (Å²) in [5, 5.41) is 6.15. The average Bonchev–Trinajstić information content (AvgIpc) is 2.29. The van der Waals surface area contributed by atoms with Crippen LogP contribution >= 0.6 is 0 Å². The van der Waals surface area contributed by atoms with E-state index in [1.54, 1.807) is 7.11 Å². The van der Waals surface area contributed by atoms with E-state index in [-0.39, 0.29) is 17.6 Å². The van der Waals surface area contributed by atoms with Gasteiger partial charge in [-0.25, -0.2) is 0 Å². The molecule has 17 heavy (non-hydrogen) atoms. The zero-order valence-electron chi connectivity index (χ0n) is 11.2. The van der Waals surface area contributed by atoms with Crippen LogP contribution in [-0.4, -0.2) is 50.5 Å². The van der Waals surface area contributed by atoms with Gasteiger partial charge in [-0.05, 0) is 20.3 Å². The van der Waals surface area contributed by atoms with E-state index in [9.17, 15) is 4.79 Å². The summed E-state index contributed by atoms with van der Waals surface area (Å²) in [6, 6.07) is -0.0788. The Morgan fingerprint density at radius 1 is 1.65 bits per heavy atom. The predicted octanol–water partition coefficient (Wildman–Crippen LogP) is 0.295. The third-order valence-electron chi connectivity index (χ3n) is 2.87. The van der Waals surface area contributed by atoms with Gasteiger partial charge in [-0.1, -0.05) is 6.92 Å². The summed E-state index contributed by atoms with van der Waals surface area (Å²) in [6.45, 7) is 7.96. The fourth-order valence-electron chi connectivity index (χ4n) is 1.80. The number of carbonyl (C=O) groups excluding carboxylic acids is 1. The Balaban J connectivity index is 2.48. The Hall–Kier alpha value is -0.650. The molecule has 0 aromatic carbocycles. The van der Waals surface area contributed by atoms with Crippen molar-refractivity contribution in [3.8, 4) is 0 Å². The third kappa shape index (κ3) is 4.26. The van der Waals surface area contributed by atoms with E-state index in [2.05, 4.69) is 10.6 Å². The normalized spacial score (nSPS) is 25.3. The Kier molecular flexibility index (Phi) is 5.36. The number of hydrogen-bond donors (Lipinski definition) is 2. The van der Waals surface area contributed by atoms with E-state index in [4.69, 9.17) is 9.47 Å². The molecule has 0 spiro atoms. The standard InChI is InChI=1S/C12H24N2O3/c1-5-6-13-11(15)10(16-4)9-7-17-12(2,3)8-14-9/h9-10,14H,5-8H2,1-4H3,(H,13,15). The summed E-state index contributed by atoms with van der Waals surface area (Å²) < 4.78 is 11.0. The summed E-state index contributed by atoms with van der Waals surface area (Å²) in [7, 11) is 1.55. The van der Waals surface area contributed by atoms with Crippen molar-refractivity contribution in [2.75, 3.05) is 26.8 Å². The average molecular weight is 244 g/mol. The van der Waals surface area contributed by atoms with Crippen LogP contribution in [0, 0.1) is 0 Å². The van der Waals surface area contributed by atoms with Gasteiger partial charge in [0.2, 0.25) is 0 Å². The number of amides is 1. The second-order valence-corrected chi connectivity index (χ2v) is 5.01. The lowest BCUT2D eigenvalue weighted by Crippen LogP contribution is -2.59. The Morgan fingerprint density at radius 3 is 2.82 bits per heavy atom. The molecule has 2 N–H and O–H groups in total. The zero-order chi connectivity index (χ0) is 12.9. The quantitative estimate of drug-likeness (QED) is 0.730. The van der Waals surface area contributed by atoms with Gasteiger partial charge < -0.3 is 20.1 Å². The first-order valence-corrected chi connectivity index (χ1v) is 6.18. The van der Waals surface area contributed by atoms with E-state index in [1.807, 2.05) is 20.8 Å². The van der Waals surface area contributed by atoms with Crippen molar-refractivity contribution in [2.45, 2.75) is 44.9 Å². The molecular formula is C12H24N2O3. The first-order chi connectivity index (χ1) is 8.00. The van der Waals surface area contributed by atoms with Gasteiger partial charge in [-0.15, -0.1) is 0 Å². The molecule has 1 heterocycles. The van der Waals surface area contributed by atoms with Crippen LogP contribution in [0.2, 0.25) is 0 Å². The van der Waals surface area contributed by atoms with E-state index in [0.29, 0.717) is 13.2 Å². The van der Waals surface area contributed by atoms with E-state index < -0.39 is 6.10 Å². The van der Waals surface area contributed by atoms with Crippen LogP contribution in [0.15, 0.2) is 0 Å². The SMILES string of the molecule is CCCNC(=O)C(OC)C1COC(C)(C)CN1. The molecule has 5 heteroatoms. The lowest BCUT2D eigenvalue weighted by molar-refractivity contribution is -0.139. The number of nitrogens with one attached hydrogen (secondary N) is 2. The molecule has 0 saturated carbocycles. The first-order valence-electron chi connectivity index (χ1n) is 6.18. The lowest BCUT2D eigenvalue weighted by atomic mass is 10.0. The minimum Gasteiger partial charge on any atom is -0.373 e. The van der Waals surface area contributed by atoms with Gasteiger partial charge in [0, 0.05) is 20.2 Å². The first kappa shape index (κ1) is 14.4. The van der Waals surface area contributed by atoms with Crippen molar-refractivity contribution >= 4 is 5.91 Å². The third-order valence-corrected chi connectivity index (χ3v) is 2.87. The van der Waals surface area contributed by atoms with Crippen LogP contribution in [0.5, 0.6) is 0 Å². The number of methoxy groups -OCH3 is 1. The summed E-state index contributed by atoms with van der Waals surface area (Å²) in [4.78, 5) is 11.9. The van der Waals surface area contributed by atoms with Gasteiger partial charge in [-0.3, -0.25) is 4.79 Å². The molecule has 1 aliphatic heterocycles. The van der Waals surface area contributed by atoms with Crippen LogP contribution in [0.1, 0.15) is 27.2 Å². The van der Waals surface area contributed by atoms with Crippen molar-refractivity contribution in [2.24, 2.45) is 0 Å². The minimum absolute atomic E-state index is 0.0739. The molecule has 1 amide bonds. The molecule has 5 nitrogen and oxygen atoms in total. The van der Waals surface area contributed by atoms with Crippen molar-refractivity contribution in [1.29, 1.82) is 0 Å². The van der Waals surface area contributed by atoms with E-state index in [1.165, 1.54) is 0 Å². The number of rotatable bonds is 5. The second-order valence-electron chi connectivity index (χ2n) is 5.01. The maximum absolute atomic E-state index is 11.9. The number of ether oxygens (including phenoxy) is 2. The van der Waals surface area contributed by atoms with Crippen molar-refractivity contribution in [3.63, 3.8) is 0 Å². The molecule has 1 saturated heterocycles. The van der Waals surface area contributed by atoms with Crippen LogP contribution < -0.4 is 10.6 Å². The number of morpholine rings is 1. The maximum Gasteiger partial charge on any atom is 0.250 e. The highest BCUT2D eigenvalue weighted by molar-refractivity contribution is 5.81. The summed E-state index contributed by atoms with van der Waals surface area (Å²) >= 11 is 0. The van der Waals surface area contributed by atoms with Gasteiger partial charge >= 0.3 is 0 Å². The van der Waals surface area contributed by atoms with Crippen LogP contribution in [-0.2, 0) is 14.3 Å². The van der Waals surface area contributed by atoms with Gasteiger partial charge in [0.05, 0.1) is 18.2 Å². The van der Waals surface area contributed by atoms with Gasteiger partial charge in [0.25, 0.3) is 5.91 Å². The fraction of sp³-hybridized carbons (Fsp3) is 0.917. The lowest BCUT2D eigenvalue weighted by Gasteiger charge is -2.38. The minimum atomic E-state index is -0.488. The summed E-state index contributed by atoms with van der Waals surface area (Å²) in [5.41, 5.74) is -0.172. The van der Waals surface area contributed by atoms with Gasteiger partial charge in [0.1, 0.15) is 0 Å². The molecule has 0 aliphatic carbocycles. The molecule has 2 unspecified atom stereocenters. The Morgan fingerprint density at radius 2 is 2.35 bits per heavy atom. The van der Waals surface area contributed by atoms with Gasteiger partial charge in [0.15, 0.2) is 6.10 Å². The molecule has 1 fully saturated rings. The molecule has 2 atom stereocenters. The van der Waals surface area contributed by atoms with Crippen LogP contribution in [0.4, 0.5) is 0 Å². The highest BCUT2D eigenvalue weighted by Crippen LogP contribution is 2.15. The largest absolute Gasteiger partial charge is 0.373 e. The van der Waals surface area contributed by atoms with E-state index in [0.717, 1.165) is 13.0 Å². The smallest absolute Gasteiger partial charge is 0.250 e. The maximum atomic E-state index is 11.9. The molecule has 0 radical (unpaired) electrons. The number of carbonyl (C=O) groups is 1. The molecule has 0 aromatic heterocycles. The highest BCUT2D eigenvalue weighted by Gasteiger charge is 2.35. The van der Waals surface area contributed by atoms with Crippen molar-refractivity contribution in [1.82, 2.24) is 10.6 Å². The summed E-state index contributed by atoms with van der Waals surface area (Å²) in [6.07, 6.45) is 0.432. The van der Waals surface area contributed by atoms with Crippen molar-refractivity contribution < 1.29 is 14.3 Å². The fourth-order valence-corrected chi connectivity index (χ4v) is 1.80. The highest BCUT2D eigenvalue weighted by atomic mass is 16.5. The van der Waals surface area contributed by atoms with E-state index >= 15 is 0 Å². The molecule has 0 aromatic rings. The predicted molar refractivity (Wildman–Crippen MR) is 65.9 cm³/mol. The topological polar surface area (TPSA) is 59.6 Å². The van der Waals surface area contributed by atoms with Crippen LogP contribution in [0.25, 0.3) is 0 Å². The van der Waals surface area contributed by atoms with Crippen molar-refractivity contribution in [3.05, 3.63) is 0 Å². The molecular weight excluding hydrogens is 220 g/mol. The molecule has 1 rings (SSSR count). The number of hydrogen-bond acceptors (Lipinski definition) is 4. The second kappa shape index (κ2) is 6.33. The molecule has 1 aliphatic rings. The van der Waals surface area contributed by atoms with Gasteiger partial charge in [-0.2, -0.15) is 0 Å². The Labute approximate surface area is 103 Å². The Bertz CT molecular complexity index is 246. The molecule has 0 bridgehead atoms.